The van der Waals surface area contributed by atoms with Gasteiger partial charge < -0.3 is 59.5 Å². The molecule has 0 aromatic heterocycles. The van der Waals surface area contributed by atoms with Crippen LogP contribution in [0.2, 0.25) is 0 Å². The van der Waals surface area contributed by atoms with E-state index in [1.54, 1.807) is 4.90 Å². The van der Waals surface area contributed by atoms with Crippen LogP contribution in [0.15, 0.2) is 0 Å². The van der Waals surface area contributed by atoms with Crippen molar-refractivity contribution in [3.8, 4) is 0 Å². The van der Waals surface area contributed by atoms with Gasteiger partial charge in [-0.1, -0.05) is 36.3 Å². The first-order chi connectivity index (χ1) is 8.07. The second-order valence-electron chi connectivity index (χ2n) is 5.12. The van der Waals surface area contributed by atoms with Crippen LogP contribution in [0.1, 0.15) is 27.7 Å². The topological polar surface area (TPSA) is 6.48 Å². The van der Waals surface area contributed by atoms with E-state index >= 15 is 0 Å². The summed E-state index contributed by atoms with van der Waals surface area (Å²) >= 11 is 19.1. The van der Waals surface area contributed by atoms with E-state index in [0.717, 1.165) is 13.1 Å². The van der Waals surface area contributed by atoms with E-state index in [1.807, 2.05) is 14.1 Å². The van der Waals surface area contributed by atoms with Crippen molar-refractivity contribution in [1.82, 2.24) is 9.80 Å². The second kappa shape index (κ2) is 16.6. The van der Waals surface area contributed by atoms with Crippen LogP contribution in [0.4, 0.5) is 0 Å². The SMILES string of the molecule is CC(C)CN(CC(C)C)C(=S)[S-].CN(C)C(=S)[S-].[Ni+2].[Ni+2]. The molecule has 0 aliphatic heterocycles. The van der Waals surface area contributed by atoms with Crippen molar-refractivity contribution >= 4 is 58.3 Å². The summed E-state index contributed by atoms with van der Waals surface area (Å²) in [6, 6.07) is 0. The van der Waals surface area contributed by atoms with Gasteiger partial charge in [-0.15, -0.1) is 0 Å². The number of hydrogen-bond acceptors (Lipinski definition) is 4. The van der Waals surface area contributed by atoms with Crippen LogP contribution in [0.5, 0.6) is 0 Å². The van der Waals surface area contributed by atoms with E-state index in [1.165, 1.54) is 0 Å². The molecule has 124 valence electrons. The van der Waals surface area contributed by atoms with Crippen molar-refractivity contribution in [1.29, 1.82) is 0 Å². The summed E-state index contributed by atoms with van der Waals surface area (Å²) in [6.45, 7) is 10.7. The summed E-state index contributed by atoms with van der Waals surface area (Å²) in [6.07, 6.45) is 0. The minimum atomic E-state index is 0. The molecule has 0 radical (unpaired) electrons. The Morgan fingerprint density at radius 3 is 1.20 bits per heavy atom. The number of nitrogens with zero attached hydrogens (tertiary/aromatic N) is 2. The van der Waals surface area contributed by atoms with Gasteiger partial charge in [0.25, 0.3) is 0 Å². The molecular weight excluding hydrogens is 418 g/mol. The summed E-state index contributed by atoms with van der Waals surface area (Å²) in [5.41, 5.74) is 0. The Labute approximate surface area is 166 Å². The molecule has 20 heavy (non-hydrogen) atoms. The van der Waals surface area contributed by atoms with Crippen LogP contribution < -0.4 is 0 Å². The predicted molar refractivity (Wildman–Crippen MR) is 94.9 cm³/mol. The fourth-order valence-corrected chi connectivity index (χ4v) is 1.40. The van der Waals surface area contributed by atoms with E-state index in [4.69, 9.17) is 24.8 Å². The minimum Gasteiger partial charge on any atom is -0.411 e. The molecule has 8 heteroatoms. The molecule has 0 N–H and O–H groups in total. The Morgan fingerprint density at radius 2 is 1.10 bits per heavy atom. The maximum absolute atomic E-state index is 4.99. The molecule has 0 bridgehead atoms. The quantitative estimate of drug-likeness (QED) is 0.373. The smallest absolute Gasteiger partial charge is 0.411 e. The van der Waals surface area contributed by atoms with Crippen molar-refractivity contribution in [3.63, 3.8) is 0 Å². The van der Waals surface area contributed by atoms with Gasteiger partial charge in [0, 0.05) is 27.2 Å². The molecule has 0 unspecified atom stereocenters. The van der Waals surface area contributed by atoms with Crippen molar-refractivity contribution in [2.75, 3.05) is 27.2 Å². The van der Waals surface area contributed by atoms with Crippen molar-refractivity contribution < 1.29 is 33.0 Å². The second-order valence-corrected chi connectivity index (χ2v) is 7.18. The number of hydrogen-bond donors (Lipinski definition) is 0. The summed E-state index contributed by atoms with van der Waals surface area (Å²) in [4.78, 5) is 3.82. The predicted octanol–water partition coefficient (Wildman–Crippen LogP) is 2.81. The van der Waals surface area contributed by atoms with Crippen molar-refractivity contribution in [3.05, 3.63) is 0 Å². The normalized spacial score (nSPS) is 8.80. The molecule has 0 aromatic carbocycles. The van der Waals surface area contributed by atoms with Gasteiger partial charge in [-0.25, -0.2) is 0 Å². The maximum Gasteiger partial charge on any atom is 2.00 e. The van der Waals surface area contributed by atoms with E-state index in [0.29, 0.717) is 20.5 Å². The summed E-state index contributed by atoms with van der Waals surface area (Å²) in [5.74, 6) is 1.26. The zero-order valence-electron chi connectivity index (χ0n) is 12.7. The van der Waals surface area contributed by atoms with Gasteiger partial charge in [-0.05, 0) is 11.8 Å². The van der Waals surface area contributed by atoms with Crippen LogP contribution in [-0.4, -0.2) is 45.6 Å². The first-order valence-electron chi connectivity index (χ1n) is 5.92. The molecule has 0 aromatic rings. The van der Waals surface area contributed by atoms with Gasteiger partial charge in [0.05, 0.1) is 0 Å². The molecular formula is C12H24N2Ni2S4+2. The van der Waals surface area contributed by atoms with E-state index in [2.05, 4.69) is 57.4 Å². The third-order valence-electron chi connectivity index (χ3n) is 1.79. The Bertz CT molecular complexity index is 252. The fourth-order valence-electron chi connectivity index (χ4n) is 1.11. The molecule has 0 heterocycles. The first-order valence-corrected chi connectivity index (χ1v) is 7.55. The number of thiocarbonyl (C=S) groups is 2. The molecule has 0 saturated heterocycles. The monoisotopic (exact) mass is 440 g/mol. The minimum absolute atomic E-state index is 0. The Morgan fingerprint density at radius 1 is 0.850 bits per heavy atom. The zero-order chi connectivity index (χ0) is 14.9. The van der Waals surface area contributed by atoms with Crippen molar-refractivity contribution in [2.24, 2.45) is 11.8 Å². The van der Waals surface area contributed by atoms with Crippen LogP contribution in [0, 0.1) is 11.8 Å². The summed E-state index contributed by atoms with van der Waals surface area (Å²) < 4.78 is 1.12. The average Bonchev–Trinajstić information content (AvgIpc) is 2.15. The van der Waals surface area contributed by atoms with Crippen LogP contribution >= 0.6 is 24.4 Å². The van der Waals surface area contributed by atoms with Gasteiger partial charge in [0.2, 0.25) is 0 Å². The molecule has 0 rings (SSSR count). The molecule has 0 aliphatic carbocycles. The standard InChI is InChI=1S/C9H19NS2.C3H7NS2.2Ni/c1-7(2)5-10(9(11)12)6-8(3)4;1-4(2)3(5)6;;/h7-8H,5-6H2,1-4H3,(H,11,12);1-2H3,(H,5,6);;/q;;2*+2/p-2. The third-order valence-corrected chi connectivity index (χ3v) is 3.04. The van der Waals surface area contributed by atoms with Gasteiger partial charge in [0.1, 0.15) is 0 Å². The molecule has 0 aliphatic rings. The fraction of sp³-hybridized carbons (Fsp3) is 0.833. The maximum atomic E-state index is 4.99. The van der Waals surface area contributed by atoms with E-state index < -0.39 is 0 Å². The Balaban J connectivity index is -0.000000139. The molecule has 0 fully saturated rings. The molecule has 0 saturated carbocycles. The van der Waals surface area contributed by atoms with Gasteiger partial charge in [-0.3, -0.25) is 0 Å². The largest absolute Gasteiger partial charge is 2.00 e. The van der Waals surface area contributed by atoms with Crippen molar-refractivity contribution in [2.45, 2.75) is 27.7 Å². The first kappa shape index (κ1) is 29.2. The third kappa shape index (κ3) is 21.5. The van der Waals surface area contributed by atoms with Crippen LogP contribution in [0.3, 0.4) is 0 Å². The molecule has 0 amide bonds. The Hall–Kier alpha value is 1.21. The summed E-state index contributed by atoms with van der Waals surface area (Å²) in [5, 5.41) is 0. The van der Waals surface area contributed by atoms with E-state index in [9.17, 15) is 0 Å². The number of rotatable bonds is 4. The van der Waals surface area contributed by atoms with Crippen LogP contribution in [0.25, 0.3) is 0 Å². The zero-order valence-corrected chi connectivity index (χ0v) is 18.0. The molecule has 0 atom stereocenters. The average molecular weight is 442 g/mol. The van der Waals surface area contributed by atoms with Gasteiger partial charge in [0.15, 0.2) is 0 Å². The Kier molecular flexibility index (Phi) is 24.2. The van der Waals surface area contributed by atoms with Gasteiger partial charge in [-0.2, -0.15) is 0 Å². The summed E-state index contributed by atoms with van der Waals surface area (Å²) in [7, 11) is 3.66. The molecule has 2 nitrogen and oxygen atoms in total. The van der Waals surface area contributed by atoms with E-state index in [-0.39, 0.29) is 33.0 Å². The molecule has 0 spiro atoms. The van der Waals surface area contributed by atoms with Crippen LogP contribution in [-0.2, 0) is 58.2 Å². The van der Waals surface area contributed by atoms with Gasteiger partial charge >= 0.3 is 33.0 Å².